The monoisotopic (exact) mass is 305 g/mol. The molecule has 0 aliphatic carbocycles. The van der Waals surface area contributed by atoms with E-state index in [0.717, 1.165) is 16.9 Å². The SMILES string of the molecule is COc1ccc(NS(=O)(=O)C(F)(F)C(F)(F)F)cc1. The molecule has 4 nitrogen and oxygen atoms in total. The number of nitrogens with one attached hydrogen (secondary N) is 1. The first-order valence-electron chi connectivity index (χ1n) is 4.62. The fraction of sp³-hybridized carbons (Fsp3) is 0.333. The van der Waals surface area contributed by atoms with E-state index in [1.807, 2.05) is 0 Å². The molecule has 1 aromatic rings. The second-order valence-corrected chi connectivity index (χ2v) is 5.07. The van der Waals surface area contributed by atoms with Gasteiger partial charge in [-0.25, -0.2) is 0 Å². The molecule has 0 heterocycles. The fourth-order valence-electron chi connectivity index (χ4n) is 1.03. The maximum absolute atomic E-state index is 12.7. The molecular formula is C9H8F5NO3S. The van der Waals surface area contributed by atoms with Crippen LogP contribution in [-0.2, 0) is 10.0 Å². The highest BCUT2D eigenvalue weighted by Crippen LogP contribution is 2.40. The van der Waals surface area contributed by atoms with Crippen molar-refractivity contribution in [1.29, 1.82) is 0 Å². The first-order chi connectivity index (χ1) is 8.51. The van der Waals surface area contributed by atoms with Crippen LogP contribution >= 0.6 is 0 Å². The van der Waals surface area contributed by atoms with E-state index in [2.05, 4.69) is 0 Å². The molecule has 0 atom stereocenters. The van der Waals surface area contributed by atoms with Crippen LogP contribution in [0.3, 0.4) is 0 Å². The summed E-state index contributed by atoms with van der Waals surface area (Å²) < 4.78 is 89.3. The average molecular weight is 305 g/mol. The lowest BCUT2D eigenvalue weighted by molar-refractivity contribution is -0.241. The van der Waals surface area contributed by atoms with Crippen molar-refractivity contribution in [2.75, 3.05) is 11.8 Å². The summed E-state index contributed by atoms with van der Waals surface area (Å²) in [5.41, 5.74) is -0.440. The van der Waals surface area contributed by atoms with Crippen LogP contribution in [0.5, 0.6) is 5.75 Å². The molecule has 19 heavy (non-hydrogen) atoms. The zero-order valence-electron chi connectivity index (χ0n) is 9.33. The summed E-state index contributed by atoms with van der Waals surface area (Å²) in [6.45, 7) is 0. The smallest absolute Gasteiger partial charge is 0.471 e. The van der Waals surface area contributed by atoms with Gasteiger partial charge in [0, 0.05) is 5.69 Å². The first-order valence-corrected chi connectivity index (χ1v) is 6.10. The van der Waals surface area contributed by atoms with E-state index in [9.17, 15) is 30.4 Å². The lowest BCUT2D eigenvalue weighted by atomic mass is 10.3. The molecular weight excluding hydrogens is 297 g/mol. The van der Waals surface area contributed by atoms with Gasteiger partial charge in [-0.1, -0.05) is 0 Å². The third-order valence-corrected chi connectivity index (χ3v) is 3.42. The summed E-state index contributed by atoms with van der Waals surface area (Å²) in [6.07, 6.45) is -6.20. The van der Waals surface area contributed by atoms with Crippen molar-refractivity contribution in [3.63, 3.8) is 0 Å². The Morgan fingerprint density at radius 3 is 1.89 bits per heavy atom. The van der Waals surface area contributed by atoms with Crippen LogP contribution in [0.2, 0.25) is 0 Å². The van der Waals surface area contributed by atoms with Gasteiger partial charge >= 0.3 is 21.5 Å². The highest BCUT2D eigenvalue weighted by Gasteiger charge is 2.67. The molecule has 0 aromatic heterocycles. The van der Waals surface area contributed by atoms with E-state index in [4.69, 9.17) is 4.74 Å². The van der Waals surface area contributed by atoms with E-state index >= 15 is 0 Å². The Balaban J connectivity index is 3.03. The number of methoxy groups -OCH3 is 1. The molecule has 1 aromatic carbocycles. The molecule has 108 valence electrons. The Labute approximate surface area is 105 Å². The zero-order valence-corrected chi connectivity index (χ0v) is 10.1. The van der Waals surface area contributed by atoms with Gasteiger partial charge < -0.3 is 4.74 Å². The van der Waals surface area contributed by atoms with Crippen LogP contribution in [-0.4, -0.2) is 27.0 Å². The second-order valence-electron chi connectivity index (χ2n) is 3.35. The Bertz CT molecular complexity index is 538. The van der Waals surface area contributed by atoms with E-state index in [-0.39, 0.29) is 5.75 Å². The lowest BCUT2D eigenvalue weighted by Crippen LogP contribution is -2.46. The first kappa shape index (κ1) is 15.5. The molecule has 0 bridgehead atoms. The van der Waals surface area contributed by atoms with E-state index in [1.54, 1.807) is 0 Å². The highest BCUT2D eigenvalue weighted by molar-refractivity contribution is 7.93. The van der Waals surface area contributed by atoms with Gasteiger partial charge in [0.25, 0.3) is 0 Å². The number of alkyl halides is 5. The molecule has 0 saturated carbocycles. The number of anilines is 1. The van der Waals surface area contributed by atoms with Crippen molar-refractivity contribution in [2.45, 2.75) is 11.4 Å². The Morgan fingerprint density at radius 2 is 1.53 bits per heavy atom. The van der Waals surface area contributed by atoms with Crippen molar-refractivity contribution in [2.24, 2.45) is 0 Å². The van der Waals surface area contributed by atoms with Crippen molar-refractivity contribution in [3.05, 3.63) is 24.3 Å². The summed E-state index contributed by atoms with van der Waals surface area (Å²) >= 11 is 0. The summed E-state index contributed by atoms with van der Waals surface area (Å²) in [5.74, 6) is 0.283. The van der Waals surface area contributed by atoms with Gasteiger partial charge in [-0.05, 0) is 24.3 Å². The predicted molar refractivity (Wildman–Crippen MR) is 56.5 cm³/mol. The molecule has 0 aliphatic rings. The van der Waals surface area contributed by atoms with Gasteiger partial charge in [-0.2, -0.15) is 30.4 Å². The lowest BCUT2D eigenvalue weighted by Gasteiger charge is -2.20. The molecule has 0 fully saturated rings. The standard InChI is InChI=1S/C9H8F5NO3S/c1-18-7-4-2-6(3-5-7)15-19(16,17)9(13,14)8(10,11)12/h2-5,15H,1H3. The molecule has 10 heteroatoms. The van der Waals surface area contributed by atoms with Crippen LogP contribution in [0.4, 0.5) is 27.6 Å². The summed E-state index contributed by atoms with van der Waals surface area (Å²) in [4.78, 5) is 0. The fourth-order valence-corrected chi connectivity index (χ4v) is 1.91. The van der Waals surface area contributed by atoms with Crippen LogP contribution in [0.1, 0.15) is 0 Å². The number of sulfonamides is 1. The number of benzene rings is 1. The van der Waals surface area contributed by atoms with Crippen LogP contribution < -0.4 is 9.46 Å². The maximum atomic E-state index is 12.7. The number of halogens is 5. The van der Waals surface area contributed by atoms with Gasteiger partial charge in [0.05, 0.1) is 7.11 Å². The molecule has 0 radical (unpaired) electrons. The number of hydrogen-bond donors (Lipinski definition) is 1. The number of hydrogen-bond acceptors (Lipinski definition) is 3. The van der Waals surface area contributed by atoms with Gasteiger partial charge in [0.2, 0.25) is 0 Å². The third-order valence-electron chi connectivity index (χ3n) is 2.01. The molecule has 1 rings (SSSR count). The second kappa shape index (κ2) is 4.83. The highest BCUT2D eigenvalue weighted by atomic mass is 32.2. The van der Waals surface area contributed by atoms with E-state index in [1.165, 1.54) is 19.2 Å². The summed E-state index contributed by atoms with van der Waals surface area (Å²) in [7, 11) is -4.64. The van der Waals surface area contributed by atoms with Gasteiger partial charge in [0.15, 0.2) is 0 Å². The molecule has 0 amide bonds. The Kier molecular flexibility index (Phi) is 3.94. The van der Waals surface area contributed by atoms with Crippen LogP contribution in [0.15, 0.2) is 24.3 Å². The minimum atomic E-state index is -6.20. The minimum Gasteiger partial charge on any atom is -0.497 e. The maximum Gasteiger partial charge on any atom is 0.471 e. The largest absolute Gasteiger partial charge is 0.497 e. The predicted octanol–water partition coefficient (Wildman–Crippen LogP) is 2.59. The normalized spacial score (nSPS) is 13.2. The van der Waals surface area contributed by atoms with Gasteiger partial charge in [0.1, 0.15) is 5.75 Å². The molecule has 1 N–H and O–H groups in total. The quantitative estimate of drug-likeness (QED) is 0.870. The van der Waals surface area contributed by atoms with E-state index in [0.29, 0.717) is 0 Å². The van der Waals surface area contributed by atoms with Gasteiger partial charge in [-0.3, -0.25) is 4.72 Å². The van der Waals surface area contributed by atoms with Crippen molar-refractivity contribution in [1.82, 2.24) is 0 Å². The number of rotatable bonds is 4. The average Bonchev–Trinajstić information content (AvgIpc) is 2.28. The molecule has 0 spiro atoms. The van der Waals surface area contributed by atoms with E-state index < -0.39 is 27.1 Å². The molecule has 0 aliphatic heterocycles. The van der Waals surface area contributed by atoms with Crippen LogP contribution in [0.25, 0.3) is 0 Å². The Hall–Kier alpha value is -1.58. The molecule has 0 unspecified atom stereocenters. The van der Waals surface area contributed by atoms with Crippen LogP contribution in [0, 0.1) is 0 Å². The topological polar surface area (TPSA) is 55.4 Å². The van der Waals surface area contributed by atoms with Gasteiger partial charge in [-0.15, -0.1) is 0 Å². The van der Waals surface area contributed by atoms with Crippen molar-refractivity contribution < 1.29 is 35.1 Å². The van der Waals surface area contributed by atoms with Crippen molar-refractivity contribution >= 4 is 15.7 Å². The number of ether oxygens (including phenoxy) is 1. The minimum absolute atomic E-state index is 0.283. The zero-order chi connectivity index (χ0) is 14.9. The third kappa shape index (κ3) is 3.06. The summed E-state index contributed by atoms with van der Waals surface area (Å²) in [5, 5.41) is -5.89. The summed E-state index contributed by atoms with van der Waals surface area (Å²) in [6, 6.07) is 4.37. The molecule has 0 saturated heterocycles. The van der Waals surface area contributed by atoms with Crippen molar-refractivity contribution in [3.8, 4) is 5.75 Å². The Morgan fingerprint density at radius 1 is 1.05 bits per heavy atom.